The van der Waals surface area contributed by atoms with Crippen molar-refractivity contribution in [1.82, 2.24) is 4.31 Å². The number of methoxy groups -OCH3 is 1. The number of sulfonamides is 1. The summed E-state index contributed by atoms with van der Waals surface area (Å²) in [4.78, 5) is 0.235. The first kappa shape index (κ1) is 15.3. The molecular formula is C14H21NO4S. The molecule has 0 bridgehead atoms. The van der Waals surface area contributed by atoms with E-state index < -0.39 is 15.6 Å². The molecule has 1 fully saturated rings. The molecule has 1 heterocycles. The molecule has 0 radical (unpaired) electrons. The topological polar surface area (TPSA) is 66.8 Å². The Kier molecular flexibility index (Phi) is 4.36. The van der Waals surface area contributed by atoms with Gasteiger partial charge in [-0.15, -0.1) is 0 Å². The Bertz CT molecular complexity index is 568. The molecule has 0 spiro atoms. The number of nitrogens with zero attached hydrogens (tertiary/aromatic N) is 1. The molecule has 1 aromatic carbocycles. The van der Waals surface area contributed by atoms with Crippen LogP contribution in [-0.4, -0.2) is 43.6 Å². The minimum absolute atomic E-state index is 0.235. The van der Waals surface area contributed by atoms with Crippen LogP contribution in [0.1, 0.15) is 26.2 Å². The van der Waals surface area contributed by atoms with E-state index in [1.165, 1.54) is 17.5 Å². The predicted molar refractivity (Wildman–Crippen MR) is 76.2 cm³/mol. The summed E-state index contributed by atoms with van der Waals surface area (Å²) in [5.74, 6) is 0.521. The molecule has 0 aromatic heterocycles. The van der Waals surface area contributed by atoms with Crippen LogP contribution in [0.5, 0.6) is 5.75 Å². The summed E-state index contributed by atoms with van der Waals surface area (Å²) in [6, 6.07) is 6.48. The molecule has 1 aromatic rings. The summed E-state index contributed by atoms with van der Waals surface area (Å²) in [5, 5.41) is 10.0. The number of hydrogen-bond acceptors (Lipinski definition) is 4. The number of ether oxygens (including phenoxy) is 1. The maximum atomic E-state index is 12.6. The van der Waals surface area contributed by atoms with Gasteiger partial charge in [0.25, 0.3) is 0 Å². The Hall–Kier alpha value is -1.11. The van der Waals surface area contributed by atoms with Crippen molar-refractivity contribution in [2.24, 2.45) is 0 Å². The smallest absolute Gasteiger partial charge is 0.243 e. The van der Waals surface area contributed by atoms with Crippen LogP contribution in [-0.2, 0) is 10.0 Å². The highest BCUT2D eigenvalue weighted by atomic mass is 32.2. The standard InChI is InChI=1S/C14H21NO4S/c1-14(16)7-4-9-15(10-8-14)20(17,18)13-6-3-5-12(11-13)19-2/h3,5-6,11,16H,4,7-10H2,1-2H3. The van der Waals surface area contributed by atoms with E-state index >= 15 is 0 Å². The Labute approximate surface area is 120 Å². The second-order valence-corrected chi connectivity index (χ2v) is 7.37. The van der Waals surface area contributed by atoms with E-state index in [0.717, 1.165) is 0 Å². The highest BCUT2D eigenvalue weighted by Gasteiger charge is 2.31. The highest BCUT2D eigenvalue weighted by molar-refractivity contribution is 7.89. The monoisotopic (exact) mass is 299 g/mol. The largest absolute Gasteiger partial charge is 0.497 e. The SMILES string of the molecule is COc1cccc(S(=O)(=O)N2CCCC(C)(O)CC2)c1. The van der Waals surface area contributed by atoms with Crippen LogP contribution in [0.25, 0.3) is 0 Å². The van der Waals surface area contributed by atoms with Crippen LogP contribution in [0.15, 0.2) is 29.2 Å². The third-order valence-electron chi connectivity index (χ3n) is 3.70. The summed E-state index contributed by atoms with van der Waals surface area (Å²) in [7, 11) is -2.02. The maximum absolute atomic E-state index is 12.6. The molecule has 0 aliphatic carbocycles. The van der Waals surface area contributed by atoms with Gasteiger partial charge in [0.2, 0.25) is 10.0 Å². The summed E-state index contributed by atoms with van der Waals surface area (Å²) >= 11 is 0. The average molecular weight is 299 g/mol. The van der Waals surface area contributed by atoms with E-state index in [1.807, 2.05) is 0 Å². The molecule has 0 amide bonds. The molecule has 1 aliphatic rings. The van der Waals surface area contributed by atoms with Crippen molar-refractivity contribution in [3.63, 3.8) is 0 Å². The maximum Gasteiger partial charge on any atom is 0.243 e. The van der Waals surface area contributed by atoms with Gasteiger partial charge in [0.15, 0.2) is 0 Å². The lowest BCUT2D eigenvalue weighted by Gasteiger charge is -2.22. The van der Waals surface area contributed by atoms with Crippen molar-refractivity contribution < 1.29 is 18.3 Å². The fourth-order valence-electron chi connectivity index (χ4n) is 2.39. The molecule has 0 saturated carbocycles. The molecular weight excluding hydrogens is 278 g/mol. The second-order valence-electron chi connectivity index (χ2n) is 5.43. The van der Waals surface area contributed by atoms with E-state index in [2.05, 4.69) is 0 Å². The van der Waals surface area contributed by atoms with Crippen molar-refractivity contribution in [1.29, 1.82) is 0 Å². The lowest BCUT2D eigenvalue weighted by atomic mass is 9.98. The van der Waals surface area contributed by atoms with E-state index in [9.17, 15) is 13.5 Å². The molecule has 1 aliphatic heterocycles. The van der Waals surface area contributed by atoms with Gasteiger partial charge in [-0.1, -0.05) is 6.07 Å². The van der Waals surface area contributed by atoms with Crippen LogP contribution >= 0.6 is 0 Å². The minimum atomic E-state index is -3.53. The molecule has 1 unspecified atom stereocenters. The van der Waals surface area contributed by atoms with Crippen molar-refractivity contribution in [3.8, 4) is 5.75 Å². The van der Waals surface area contributed by atoms with Gasteiger partial charge in [0.1, 0.15) is 5.75 Å². The summed E-state index contributed by atoms with van der Waals surface area (Å²) in [6.45, 7) is 2.54. The first-order chi connectivity index (χ1) is 9.35. The van der Waals surface area contributed by atoms with Gasteiger partial charge >= 0.3 is 0 Å². The third-order valence-corrected chi connectivity index (χ3v) is 5.60. The molecule has 5 nitrogen and oxygen atoms in total. The van der Waals surface area contributed by atoms with Crippen molar-refractivity contribution in [3.05, 3.63) is 24.3 Å². The lowest BCUT2D eigenvalue weighted by Crippen LogP contribution is -2.33. The Morgan fingerprint density at radius 3 is 2.75 bits per heavy atom. The van der Waals surface area contributed by atoms with Gasteiger partial charge in [-0.3, -0.25) is 0 Å². The van der Waals surface area contributed by atoms with Crippen LogP contribution in [0.3, 0.4) is 0 Å². The first-order valence-electron chi connectivity index (χ1n) is 6.72. The molecule has 1 saturated heterocycles. The van der Waals surface area contributed by atoms with E-state index in [-0.39, 0.29) is 4.90 Å². The van der Waals surface area contributed by atoms with Gasteiger partial charge in [0.05, 0.1) is 17.6 Å². The van der Waals surface area contributed by atoms with Crippen LogP contribution < -0.4 is 4.74 Å². The van der Waals surface area contributed by atoms with Crippen molar-refractivity contribution in [2.45, 2.75) is 36.7 Å². The average Bonchev–Trinajstić information content (AvgIpc) is 2.60. The van der Waals surface area contributed by atoms with Crippen LogP contribution in [0.2, 0.25) is 0 Å². The summed E-state index contributed by atoms with van der Waals surface area (Å²) < 4.78 is 31.7. The van der Waals surface area contributed by atoms with E-state index in [4.69, 9.17) is 4.74 Å². The quantitative estimate of drug-likeness (QED) is 0.921. The summed E-state index contributed by atoms with van der Waals surface area (Å²) in [6.07, 6.45) is 1.74. The van der Waals surface area contributed by atoms with Crippen LogP contribution in [0.4, 0.5) is 0 Å². The number of hydrogen-bond donors (Lipinski definition) is 1. The van der Waals surface area contributed by atoms with Gasteiger partial charge < -0.3 is 9.84 Å². The van der Waals surface area contributed by atoms with Gasteiger partial charge in [-0.2, -0.15) is 4.31 Å². The second kappa shape index (κ2) is 5.71. The third kappa shape index (κ3) is 3.31. The number of aliphatic hydroxyl groups is 1. The van der Waals surface area contributed by atoms with Crippen molar-refractivity contribution >= 4 is 10.0 Å². The van der Waals surface area contributed by atoms with Gasteiger partial charge in [0, 0.05) is 19.2 Å². The Balaban J connectivity index is 2.25. The first-order valence-corrected chi connectivity index (χ1v) is 8.16. The van der Waals surface area contributed by atoms with Gasteiger partial charge in [-0.05, 0) is 38.3 Å². The zero-order chi connectivity index (χ0) is 14.8. The van der Waals surface area contributed by atoms with Gasteiger partial charge in [-0.25, -0.2) is 8.42 Å². The number of benzene rings is 1. The van der Waals surface area contributed by atoms with Crippen LogP contribution in [0, 0.1) is 0 Å². The molecule has 6 heteroatoms. The normalized spacial score (nSPS) is 25.1. The zero-order valence-electron chi connectivity index (χ0n) is 11.9. The minimum Gasteiger partial charge on any atom is -0.497 e. The number of rotatable bonds is 3. The Morgan fingerprint density at radius 2 is 2.05 bits per heavy atom. The molecule has 1 N–H and O–H groups in total. The van der Waals surface area contributed by atoms with Crippen molar-refractivity contribution in [2.75, 3.05) is 20.2 Å². The molecule has 112 valence electrons. The predicted octanol–water partition coefficient (Wildman–Crippen LogP) is 1.62. The molecule has 2 rings (SSSR count). The van der Waals surface area contributed by atoms with E-state index in [0.29, 0.717) is 38.1 Å². The lowest BCUT2D eigenvalue weighted by molar-refractivity contribution is 0.0465. The fourth-order valence-corrected chi connectivity index (χ4v) is 3.90. The fraction of sp³-hybridized carbons (Fsp3) is 0.571. The van der Waals surface area contributed by atoms with E-state index in [1.54, 1.807) is 25.1 Å². The summed E-state index contributed by atoms with van der Waals surface area (Å²) in [5.41, 5.74) is -0.779. The molecule has 1 atom stereocenters. The zero-order valence-corrected chi connectivity index (χ0v) is 12.7. The highest BCUT2D eigenvalue weighted by Crippen LogP contribution is 2.26. The molecule has 20 heavy (non-hydrogen) atoms. The Morgan fingerprint density at radius 1 is 1.30 bits per heavy atom.